The number of hydrogen-bond donors (Lipinski definition) is 2. The molecule has 3 aromatic heterocycles. The van der Waals surface area contributed by atoms with Crippen molar-refractivity contribution >= 4 is 22.9 Å². The van der Waals surface area contributed by atoms with E-state index >= 15 is 0 Å². The largest absolute Gasteiger partial charge is 0.670 e. The summed E-state index contributed by atoms with van der Waals surface area (Å²) in [7, 11) is 0. The summed E-state index contributed by atoms with van der Waals surface area (Å²) in [5.41, 5.74) is 9.39. The van der Waals surface area contributed by atoms with E-state index < -0.39 is 18.8 Å². The topological polar surface area (TPSA) is 110 Å². The zero-order valence-electron chi connectivity index (χ0n) is 15.1. The molecule has 0 unspecified atom stereocenters. The fourth-order valence-electron chi connectivity index (χ4n) is 3.53. The summed E-state index contributed by atoms with van der Waals surface area (Å²) in [5, 5.41) is 9.28. The molecule has 8 nitrogen and oxygen atoms in total. The summed E-state index contributed by atoms with van der Waals surface area (Å²) in [5.74, 6) is 0.481. The molecule has 1 saturated heterocycles. The Labute approximate surface area is 158 Å². The van der Waals surface area contributed by atoms with Crippen molar-refractivity contribution in [2.45, 2.75) is 25.4 Å². The van der Waals surface area contributed by atoms with Gasteiger partial charge in [0.2, 0.25) is 0 Å². The molecule has 1 fully saturated rings. The molecule has 152 valence electrons. The highest BCUT2D eigenvalue weighted by Crippen LogP contribution is 2.35. The molecule has 2 atom stereocenters. The van der Waals surface area contributed by atoms with Crippen molar-refractivity contribution in [3.05, 3.63) is 36.1 Å². The van der Waals surface area contributed by atoms with Gasteiger partial charge in [0.25, 0.3) is 0 Å². The first-order valence-electron chi connectivity index (χ1n) is 8.73. The van der Waals surface area contributed by atoms with Gasteiger partial charge < -0.3 is 20.7 Å². The number of halogens is 3. The molecule has 1 aliphatic rings. The third kappa shape index (κ3) is 3.88. The van der Waals surface area contributed by atoms with Gasteiger partial charge in [0.1, 0.15) is 0 Å². The van der Waals surface area contributed by atoms with Gasteiger partial charge in [0, 0.05) is 37.1 Å². The van der Waals surface area contributed by atoms with E-state index in [0.29, 0.717) is 19.0 Å². The molecule has 0 aromatic carbocycles. The van der Waals surface area contributed by atoms with Gasteiger partial charge in [-0.2, -0.15) is 13.2 Å². The van der Waals surface area contributed by atoms with Crippen LogP contribution in [-0.4, -0.2) is 61.3 Å². The molecular formula is C17H20F3N6O2-. The van der Waals surface area contributed by atoms with Gasteiger partial charge in [0.15, 0.2) is 11.3 Å². The van der Waals surface area contributed by atoms with Gasteiger partial charge >= 0.3 is 12.3 Å². The van der Waals surface area contributed by atoms with E-state index in [2.05, 4.69) is 26.3 Å². The molecule has 1 aliphatic heterocycles. The molecule has 0 bridgehead atoms. The molecule has 0 radical (unpaired) electrons. The second-order valence-electron chi connectivity index (χ2n) is 6.60. The lowest BCUT2D eigenvalue weighted by atomic mass is 9.91. The number of carboxylic acid groups (broad SMARTS) is 1. The van der Waals surface area contributed by atoms with E-state index in [1.54, 1.807) is 6.20 Å². The average Bonchev–Trinajstić information content (AvgIpc) is 3.37. The first kappa shape index (κ1) is 19.9. The third-order valence-electron chi connectivity index (χ3n) is 4.89. The SMILES string of the molecule is CC[C@@H]1CN(C(=O)O)C[C@@H]1c1cnc2cnc3[nH]ccc3n12.[NH-]CC(F)(F)F. The Kier molecular flexibility index (Phi) is 5.45. The third-order valence-corrected chi connectivity index (χ3v) is 4.89. The average molecular weight is 397 g/mol. The van der Waals surface area contributed by atoms with Crippen molar-refractivity contribution in [3.63, 3.8) is 0 Å². The van der Waals surface area contributed by atoms with Crippen LogP contribution in [0.15, 0.2) is 24.7 Å². The molecule has 11 heteroatoms. The number of aromatic amines is 1. The van der Waals surface area contributed by atoms with Crippen molar-refractivity contribution in [3.8, 4) is 0 Å². The number of carbonyl (C=O) groups is 1. The highest BCUT2D eigenvalue weighted by Gasteiger charge is 2.37. The predicted molar refractivity (Wildman–Crippen MR) is 96.2 cm³/mol. The molecule has 0 aliphatic carbocycles. The number of likely N-dealkylation sites (tertiary alicyclic amines) is 1. The second kappa shape index (κ2) is 7.66. The zero-order valence-corrected chi connectivity index (χ0v) is 15.1. The lowest BCUT2D eigenvalue weighted by Crippen LogP contribution is -2.26. The van der Waals surface area contributed by atoms with Crippen LogP contribution in [0, 0.1) is 5.92 Å². The lowest BCUT2D eigenvalue weighted by Gasteiger charge is -2.16. The van der Waals surface area contributed by atoms with Crippen LogP contribution in [-0.2, 0) is 0 Å². The lowest BCUT2D eigenvalue weighted by molar-refractivity contribution is -0.112. The quantitative estimate of drug-likeness (QED) is 0.683. The number of H-pyrrole nitrogens is 1. The molecule has 0 spiro atoms. The zero-order chi connectivity index (χ0) is 20.5. The van der Waals surface area contributed by atoms with E-state index in [1.807, 2.05) is 18.5 Å². The number of hydrogen-bond acceptors (Lipinski definition) is 3. The van der Waals surface area contributed by atoms with Gasteiger partial charge in [-0.15, -0.1) is 0 Å². The fraction of sp³-hybridized carbons (Fsp3) is 0.471. The monoisotopic (exact) mass is 397 g/mol. The van der Waals surface area contributed by atoms with Crippen LogP contribution in [0.25, 0.3) is 22.5 Å². The van der Waals surface area contributed by atoms with E-state index in [4.69, 9.17) is 5.73 Å². The number of imidazole rings is 1. The maximum atomic E-state index is 11.3. The van der Waals surface area contributed by atoms with Crippen LogP contribution < -0.4 is 0 Å². The number of amides is 1. The normalized spacial score (nSPS) is 19.8. The highest BCUT2D eigenvalue weighted by molar-refractivity contribution is 5.74. The standard InChI is InChI=1S/C15H17N5O2.C2H3F3N/c1-2-9-7-19(15(21)22)8-10(9)12-5-17-13-6-18-14-11(20(12)13)3-4-16-14;3-2(4,5)1-6/h3-6,9-10,16H,2,7-8H2,1H3,(H,21,22);6H,1H2/q;-1/t9-,10+;/m1./s1. The fourth-order valence-corrected chi connectivity index (χ4v) is 3.53. The van der Waals surface area contributed by atoms with Crippen LogP contribution in [0.1, 0.15) is 25.0 Å². The highest BCUT2D eigenvalue weighted by atomic mass is 19.4. The second-order valence-corrected chi connectivity index (χ2v) is 6.60. The van der Waals surface area contributed by atoms with E-state index in [9.17, 15) is 23.1 Å². The van der Waals surface area contributed by atoms with Gasteiger partial charge in [-0.3, -0.25) is 4.40 Å². The summed E-state index contributed by atoms with van der Waals surface area (Å²) in [6, 6.07) is 1.98. The first-order chi connectivity index (χ1) is 13.2. The Balaban J connectivity index is 0.000000330. The summed E-state index contributed by atoms with van der Waals surface area (Å²) in [6.45, 7) is 1.74. The van der Waals surface area contributed by atoms with Crippen molar-refractivity contribution in [2.24, 2.45) is 5.92 Å². The minimum absolute atomic E-state index is 0.164. The minimum Gasteiger partial charge on any atom is -0.670 e. The number of alkyl halides is 3. The van der Waals surface area contributed by atoms with E-state index in [0.717, 1.165) is 28.9 Å². The molecule has 28 heavy (non-hydrogen) atoms. The van der Waals surface area contributed by atoms with Crippen LogP contribution in [0.5, 0.6) is 0 Å². The maximum Gasteiger partial charge on any atom is 0.407 e. The van der Waals surface area contributed by atoms with Crippen LogP contribution in [0.3, 0.4) is 0 Å². The summed E-state index contributed by atoms with van der Waals surface area (Å²) in [6.07, 6.45) is 1.28. The van der Waals surface area contributed by atoms with Crippen LogP contribution in [0.4, 0.5) is 18.0 Å². The Morgan fingerprint density at radius 3 is 2.68 bits per heavy atom. The van der Waals surface area contributed by atoms with Crippen LogP contribution in [0.2, 0.25) is 0 Å². The van der Waals surface area contributed by atoms with E-state index in [-0.39, 0.29) is 5.92 Å². The molecule has 3 aromatic rings. The van der Waals surface area contributed by atoms with Gasteiger partial charge in [0.05, 0.1) is 11.7 Å². The number of rotatable bonds is 2. The Bertz CT molecular complexity index is 967. The number of nitrogens with one attached hydrogen (secondary N) is 2. The summed E-state index contributed by atoms with van der Waals surface area (Å²) in [4.78, 5) is 24.7. The molecule has 1 amide bonds. The number of fused-ring (bicyclic) bond motifs is 3. The molecule has 0 saturated carbocycles. The maximum absolute atomic E-state index is 11.3. The minimum atomic E-state index is -4.29. The number of aromatic nitrogens is 4. The van der Waals surface area contributed by atoms with Gasteiger partial charge in [-0.25, -0.2) is 14.8 Å². The van der Waals surface area contributed by atoms with Crippen molar-refractivity contribution in [1.29, 1.82) is 0 Å². The molecule has 3 N–H and O–H groups in total. The summed E-state index contributed by atoms with van der Waals surface area (Å²) >= 11 is 0. The Morgan fingerprint density at radius 2 is 2.07 bits per heavy atom. The first-order valence-corrected chi connectivity index (χ1v) is 8.73. The van der Waals surface area contributed by atoms with Crippen LogP contribution >= 0.6 is 0 Å². The molecule has 4 heterocycles. The summed E-state index contributed by atoms with van der Waals surface area (Å²) < 4.78 is 33.9. The molecular weight excluding hydrogens is 377 g/mol. The van der Waals surface area contributed by atoms with Gasteiger partial charge in [-0.1, -0.05) is 19.9 Å². The Morgan fingerprint density at radius 1 is 1.36 bits per heavy atom. The predicted octanol–water partition coefficient (Wildman–Crippen LogP) is 3.91. The van der Waals surface area contributed by atoms with Crippen molar-refractivity contribution in [1.82, 2.24) is 24.3 Å². The molecule has 4 rings (SSSR count). The number of nitrogens with zero attached hydrogens (tertiary/aromatic N) is 4. The van der Waals surface area contributed by atoms with Crippen molar-refractivity contribution < 1.29 is 23.1 Å². The smallest absolute Gasteiger partial charge is 0.407 e. The van der Waals surface area contributed by atoms with Gasteiger partial charge in [-0.05, 0) is 12.0 Å². The Hall–Kier alpha value is -2.82. The van der Waals surface area contributed by atoms with Crippen molar-refractivity contribution in [2.75, 3.05) is 19.6 Å². The van der Waals surface area contributed by atoms with E-state index in [1.165, 1.54) is 4.90 Å².